The molecule has 0 atom stereocenters. The molecule has 2 N–H and O–H groups in total. The smallest absolute Gasteiger partial charge is 0.352 e. The summed E-state index contributed by atoms with van der Waals surface area (Å²) in [5.74, 6) is -1.35. The number of aromatic carboxylic acids is 1. The molecule has 0 aliphatic carbocycles. The molecule has 2 heterocycles. The number of carboxylic acid groups (broad SMARTS) is 1. The number of aromatic amines is 1. The third kappa shape index (κ3) is 1.96. The highest BCUT2D eigenvalue weighted by Gasteiger charge is 2.17. The molecule has 88 valence electrons. The second kappa shape index (κ2) is 3.89. The largest absolute Gasteiger partial charge is 0.477 e. The van der Waals surface area contributed by atoms with E-state index in [0.29, 0.717) is 11.3 Å². The number of nitrogens with one attached hydrogen (secondary N) is 1. The van der Waals surface area contributed by atoms with Crippen LogP contribution >= 0.6 is 0 Å². The summed E-state index contributed by atoms with van der Waals surface area (Å²) in [5.41, 5.74) is 1.32. The van der Waals surface area contributed by atoms with E-state index in [9.17, 15) is 9.59 Å². The average molecular weight is 233 g/mol. The highest BCUT2D eigenvalue weighted by atomic mass is 16.4. The maximum atomic E-state index is 12.0. The first kappa shape index (κ1) is 11.1. The second-order valence-electron chi connectivity index (χ2n) is 3.72. The van der Waals surface area contributed by atoms with Crippen LogP contribution in [0.3, 0.4) is 0 Å². The van der Waals surface area contributed by atoms with E-state index in [1.807, 2.05) is 0 Å². The number of aromatic nitrogens is 3. The van der Waals surface area contributed by atoms with Crippen LogP contribution < -0.4 is 0 Å². The first-order valence-corrected chi connectivity index (χ1v) is 4.96. The average Bonchev–Trinajstić information content (AvgIpc) is 2.84. The number of nitrogens with zero attached hydrogens (tertiary/aromatic N) is 2. The molecule has 0 unspecified atom stereocenters. The number of H-pyrrole nitrogens is 1. The van der Waals surface area contributed by atoms with Crippen molar-refractivity contribution >= 4 is 11.8 Å². The van der Waals surface area contributed by atoms with E-state index >= 15 is 0 Å². The van der Waals surface area contributed by atoms with Crippen molar-refractivity contribution in [2.45, 2.75) is 6.92 Å². The summed E-state index contributed by atoms with van der Waals surface area (Å²) in [7, 11) is 1.72. The first-order valence-electron chi connectivity index (χ1n) is 4.96. The molecule has 6 nitrogen and oxygen atoms in total. The fraction of sp³-hybridized carbons (Fsp3) is 0.182. The SMILES string of the molecule is Cc1nn(C)cc1C(=O)c1ccc(C(=O)O)[nH]1. The van der Waals surface area contributed by atoms with E-state index in [-0.39, 0.29) is 17.2 Å². The predicted octanol–water partition coefficient (Wildman–Crippen LogP) is 0.986. The lowest BCUT2D eigenvalue weighted by Gasteiger charge is -1.95. The molecule has 2 aromatic rings. The normalized spacial score (nSPS) is 10.5. The number of rotatable bonds is 3. The van der Waals surface area contributed by atoms with E-state index in [4.69, 9.17) is 5.11 Å². The van der Waals surface area contributed by atoms with Crippen LogP contribution in [0.1, 0.15) is 32.2 Å². The van der Waals surface area contributed by atoms with Gasteiger partial charge in [-0.1, -0.05) is 0 Å². The summed E-state index contributed by atoms with van der Waals surface area (Å²) in [6, 6.07) is 2.82. The van der Waals surface area contributed by atoms with Crippen molar-refractivity contribution in [2.75, 3.05) is 0 Å². The minimum atomic E-state index is -1.09. The Bertz CT molecular complexity index is 595. The van der Waals surface area contributed by atoms with Gasteiger partial charge in [0, 0.05) is 13.2 Å². The highest BCUT2D eigenvalue weighted by Crippen LogP contribution is 2.12. The first-order chi connectivity index (χ1) is 7.99. The Kier molecular flexibility index (Phi) is 2.55. The van der Waals surface area contributed by atoms with Gasteiger partial charge in [0.25, 0.3) is 0 Å². The Morgan fingerprint density at radius 2 is 2.00 bits per heavy atom. The van der Waals surface area contributed by atoms with Crippen molar-refractivity contribution in [1.82, 2.24) is 14.8 Å². The van der Waals surface area contributed by atoms with Gasteiger partial charge in [0.15, 0.2) is 0 Å². The number of carbonyl (C=O) groups excluding carboxylic acids is 1. The lowest BCUT2D eigenvalue weighted by atomic mass is 10.1. The van der Waals surface area contributed by atoms with Crippen LogP contribution in [0.2, 0.25) is 0 Å². The summed E-state index contributed by atoms with van der Waals surface area (Å²) in [5, 5.41) is 12.8. The maximum Gasteiger partial charge on any atom is 0.352 e. The molecule has 2 aromatic heterocycles. The van der Waals surface area contributed by atoms with Crippen LogP contribution in [0.15, 0.2) is 18.3 Å². The van der Waals surface area contributed by atoms with Crippen LogP contribution in [0.5, 0.6) is 0 Å². The van der Waals surface area contributed by atoms with Crippen molar-refractivity contribution in [3.63, 3.8) is 0 Å². The predicted molar refractivity (Wildman–Crippen MR) is 59.1 cm³/mol. The zero-order valence-corrected chi connectivity index (χ0v) is 9.39. The van der Waals surface area contributed by atoms with E-state index in [0.717, 1.165) is 0 Å². The molecule has 6 heteroatoms. The molecule has 0 radical (unpaired) electrons. The third-order valence-electron chi connectivity index (χ3n) is 2.42. The summed E-state index contributed by atoms with van der Waals surface area (Å²) in [4.78, 5) is 25.3. The topological polar surface area (TPSA) is 88.0 Å². The molecule has 0 bridgehead atoms. The third-order valence-corrected chi connectivity index (χ3v) is 2.42. The van der Waals surface area contributed by atoms with Crippen LogP contribution in [-0.2, 0) is 7.05 Å². The van der Waals surface area contributed by atoms with Crippen molar-refractivity contribution in [1.29, 1.82) is 0 Å². The lowest BCUT2D eigenvalue weighted by Crippen LogP contribution is -2.04. The molecule has 0 aromatic carbocycles. The molecule has 17 heavy (non-hydrogen) atoms. The quantitative estimate of drug-likeness (QED) is 0.773. The van der Waals surface area contributed by atoms with Crippen molar-refractivity contribution < 1.29 is 14.7 Å². The van der Waals surface area contributed by atoms with Gasteiger partial charge in [0.1, 0.15) is 5.69 Å². The van der Waals surface area contributed by atoms with Gasteiger partial charge in [-0.2, -0.15) is 5.10 Å². The monoisotopic (exact) mass is 233 g/mol. The van der Waals surface area contributed by atoms with E-state index in [1.54, 1.807) is 24.9 Å². The molecular weight excluding hydrogens is 222 g/mol. The number of aryl methyl sites for hydroxylation is 2. The molecular formula is C11H11N3O3. The van der Waals surface area contributed by atoms with Gasteiger partial charge in [0.2, 0.25) is 5.78 Å². The summed E-state index contributed by atoms with van der Waals surface area (Å²) >= 11 is 0. The Balaban J connectivity index is 2.37. The van der Waals surface area contributed by atoms with Gasteiger partial charge < -0.3 is 10.1 Å². The van der Waals surface area contributed by atoms with Gasteiger partial charge in [-0.25, -0.2) is 4.79 Å². The Morgan fingerprint density at radius 3 is 2.47 bits per heavy atom. The fourth-order valence-corrected chi connectivity index (χ4v) is 1.62. The summed E-state index contributed by atoms with van der Waals surface area (Å²) < 4.78 is 1.55. The Hall–Kier alpha value is -2.37. The fourth-order valence-electron chi connectivity index (χ4n) is 1.62. The Morgan fingerprint density at radius 1 is 1.35 bits per heavy atom. The molecule has 0 fully saturated rings. The zero-order valence-electron chi connectivity index (χ0n) is 9.39. The van der Waals surface area contributed by atoms with E-state index in [2.05, 4.69) is 10.1 Å². The van der Waals surface area contributed by atoms with Crippen LogP contribution in [0.25, 0.3) is 0 Å². The summed E-state index contributed by atoms with van der Waals surface area (Å²) in [6.07, 6.45) is 1.61. The highest BCUT2D eigenvalue weighted by molar-refractivity contribution is 6.09. The summed E-state index contributed by atoms with van der Waals surface area (Å²) in [6.45, 7) is 1.73. The van der Waals surface area contributed by atoms with Crippen molar-refractivity contribution in [3.05, 3.63) is 41.0 Å². The number of hydrogen-bond donors (Lipinski definition) is 2. The van der Waals surface area contributed by atoms with Crippen molar-refractivity contribution in [2.24, 2.45) is 7.05 Å². The van der Waals surface area contributed by atoms with E-state index in [1.165, 1.54) is 12.1 Å². The number of carboxylic acids is 1. The van der Waals surface area contributed by atoms with Gasteiger partial charge in [-0.15, -0.1) is 0 Å². The van der Waals surface area contributed by atoms with Gasteiger partial charge in [-0.3, -0.25) is 9.48 Å². The molecule has 0 spiro atoms. The van der Waals surface area contributed by atoms with Crippen molar-refractivity contribution in [3.8, 4) is 0 Å². The molecule has 2 rings (SSSR count). The van der Waals surface area contributed by atoms with E-state index < -0.39 is 5.97 Å². The van der Waals surface area contributed by atoms with Crippen LogP contribution in [-0.4, -0.2) is 31.6 Å². The molecule has 0 amide bonds. The number of ketones is 1. The minimum absolute atomic E-state index is 0.00473. The molecule has 0 saturated carbocycles. The lowest BCUT2D eigenvalue weighted by molar-refractivity contribution is 0.0691. The zero-order chi connectivity index (χ0) is 12.6. The van der Waals surface area contributed by atoms with Gasteiger partial charge in [0.05, 0.1) is 17.0 Å². The maximum absolute atomic E-state index is 12.0. The minimum Gasteiger partial charge on any atom is -0.477 e. The van der Waals surface area contributed by atoms with Gasteiger partial charge in [-0.05, 0) is 19.1 Å². The molecule has 0 aliphatic rings. The van der Waals surface area contributed by atoms with Crippen LogP contribution in [0, 0.1) is 6.92 Å². The standard InChI is InChI=1S/C11H11N3O3/c1-6-7(5-14(2)13-6)10(15)8-3-4-9(12-8)11(16)17/h3-5,12H,1-2H3,(H,16,17). The van der Waals surface area contributed by atoms with Crippen LogP contribution in [0.4, 0.5) is 0 Å². The van der Waals surface area contributed by atoms with Gasteiger partial charge >= 0.3 is 5.97 Å². The second-order valence-corrected chi connectivity index (χ2v) is 3.72. The Labute approximate surface area is 96.9 Å². The molecule has 0 aliphatic heterocycles. The molecule has 0 saturated heterocycles. The number of carbonyl (C=O) groups is 2. The number of hydrogen-bond acceptors (Lipinski definition) is 3.